The first kappa shape index (κ1) is 18.5. The molecule has 0 aliphatic carbocycles. The number of hydrogen-bond donors (Lipinski definition) is 1. The van der Waals surface area contributed by atoms with Gasteiger partial charge < -0.3 is 9.88 Å². The van der Waals surface area contributed by atoms with Crippen molar-refractivity contribution in [1.29, 1.82) is 0 Å². The summed E-state index contributed by atoms with van der Waals surface area (Å²) in [5, 5.41) is 3.27. The minimum atomic E-state index is -0.275. The van der Waals surface area contributed by atoms with Crippen molar-refractivity contribution in [3.63, 3.8) is 0 Å². The predicted octanol–water partition coefficient (Wildman–Crippen LogP) is 2.47. The highest BCUT2D eigenvalue weighted by Crippen LogP contribution is 2.14. The number of aromatic nitrogens is 4. The zero-order valence-corrected chi connectivity index (χ0v) is 15.9. The van der Waals surface area contributed by atoms with Gasteiger partial charge in [-0.3, -0.25) is 24.5 Å². The van der Waals surface area contributed by atoms with Crippen LogP contribution in [0.3, 0.4) is 0 Å². The number of carbonyl (C=O) groups excluding carboxylic acids is 1. The average molecular weight is 385 g/mol. The zero-order chi connectivity index (χ0) is 20.2. The lowest BCUT2D eigenvalue weighted by Gasteiger charge is -2.11. The van der Waals surface area contributed by atoms with Crippen molar-refractivity contribution < 1.29 is 4.79 Å². The van der Waals surface area contributed by atoms with E-state index in [4.69, 9.17) is 0 Å². The van der Waals surface area contributed by atoms with Crippen LogP contribution in [-0.2, 0) is 13.1 Å². The van der Waals surface area contributed by atoms with Crippen LogP contribution in [0.15, 0.2) is 72.2 Å². The Bertz CT molecular complexity index is 1220. The maximum Gasteiger partial charge on any atom is 0.260 e. The molecular formula is C22H19N5O2. The normalized spacial score (nSPS) is 10.8. The largest absolute Gasteiger partial charge is 0.348 e. The van der Waals surface area contributed by atoms with Gasteiger partial charge in [0, 0.05) is 37.5 Å². The van der Waals surface area contributed by atoms with E-state index >= 15 is 0 Å². The number of amides is 1. The van der Waals surface area contributed by atoms with Crippen LogP contribution in [0.4, 0.5) is 0 Å². The van der Waals surface area contributed by atoms with E-state index < -0.39 is 0 Å². The van der Waals surface area contributed by atoms with Crippen molar-refractivity contribution in [1.82, 2.24) is 24.8 Å². The van der Waals surface area contributed by atoms with Crippen molar-refractivity contribution in [2.24, 2.45) is 0 Å². The fourth-order valence-electron chi connectivity index (χ4n) is 3.13. The molecule has 0 aliphatic rings. The summed E-state index contributed by atoms with van der Waals surface area (Å²) >= 11 is 0. The van der Waals surface area contributed by atoms with Gasteiger partial charge in [0.1, 0.15) is 0 Å². The van der Waals surface area contributed by atoms with Gasteiger partial charge in [-0.15, -0.1) is 0 Å². The third-order valence-electron chi connectivity index (χ3n) is 4.64. The van der Waals surface area contributed by atoms with E-state index in [9.17, 15) is 9.59 Å². The maximum atomic E-state index is 13.0. The lowest BCUT2D eigenvalue weighted by molar-refractivity contribution is 0.0950. The third kappa shape index (κ3) is 4.03. The number of nitrogens with zero attached hydrogens (tertiary/aromatic N) is 4. The topological polar surface area (TPSA) is 89.8 Å². The smallest absolute Gasteiger partial charge is 0.260 e. The van der Waals surface area contributed by atoms with Crippen molar-refractivity contribution in [2.45, 2.75) is 20.0 Å². The van der Waals surface area contributed by atoms with E-state index in [1.54, 1.807) is 54.6 Å². The predicted molar refractivity (Wildman–Crippen MR) is 109 cm³/mol. The summed E-state index contributed by atoms with van der Waals surface area (Å²) in [5.41, 5.74) is 3.15. The van der Waals surface area contributed by atoms with E-state index in [1.807, 2.05) is 24.3 Å². The SMILES string of the molecule is Cc1nc2ccn(Cc3cccnc3)c(=O)c2cc1C(=O)NCc1cccnc1. The summed E-state index contributed by atoms with van der Waals surface area (Å²) in [7, 11) is 0. The second-order valence-corrected chi connectivity index (χ2v) is 6.71. The van der Waals surface area contributed by atoms with Crippen LogP contribution >= 0.6 is 0 Å². The van der Waals surface area contributed by atoms with Crippen molar-refractivity contribution in [2.75, 3.05) is 0 Å². The van der Waals surface area contributed by atoms with Crippen LogP contribution in [0.1, 0.15) is 27.2 Å². The molecule has 0 unspecified atom stereocenters. The highest BCUT2D eigenvalue weighted by molar-refractivity contribution is 5.98. The Morgan fingerprint density at radius 1 is 1.07 bits per heavy atom. The molecule has 4 rings (SSSR count). The van der Waals surface area contributed by atoms with Gasteiger partial charge in [-0.2, -0.15) is 0 Å². The number of carbonyl (C=O) groups is 1. The molecular weight excluding hydrogens is 366 g/mol. The van der Waals surface area contributed by atoms with Crippen LogP contribution < -0.4 is 10.9 Å². The molecule has 0 saturated carbocycles. The lowest BCUT2D eigenvalue weighted by Crippen LogP contribution is -2.25. The molecule has 7 heteroatoms. The molecule has 7 nitrogen and oxygen atoms in total. The molecule has 0 bridgehead atoms. The summed E-state index contributed by atoms with van der Waals surface area (Å²) in [6, 6.07) is 10.9. The summed E-state index contributed by atoms with van der Waals surface area (Å²) in [6.45, 7) is 2.52. The molecule has 1 amide bonds. The van der Waals surface area contributed by atoms with Gasteiger partial charge in [0.05, 0.1) is 28.7 Å². The monoisotopic (exact) mass is 385 g/mol. The standard InChI is InChI=1S/C22H19N5O2/c1-15-18(21(28)25-13-16-4-2-7-23-11-16)10-19-20(26-15)6-9-27(22(19)29)14-17-5-3-8-24-12-17/h2-12H,13-14H2,1H3,(H,25,28). The first-order valence-electron chi connectivity index (χ1n) is 9.18. The minimum absolute atomic E-state index is 0.194. The number of hydrogen-bond acceptors (Lipinski definition) is 5. The molecule has 4 aromatic rings. The van der Waals surface area contributed by atoms with Gasteiger partial charge in [-0.1, -0.05) is 12.1 Å². The van der Waals surface area contributed by atoms with Gasteiger partial charge in [0.15, 0.2) is 0 Å². The Kier molecular flexibility index (Phi) is 5.11. The van der Waals surface area contributed by atoms with Crippen LogP contribution in [0, 0.1) is 6.92 Å². The molecule has 0 aromatic carbocycles. The van der Waals surface area contributed by atoms with Gasteiger partial charge >= 0.3 is 0 Å². The van der Waals surface area contributed by atoms with E-state index in [1.165, 1.54) is 0 Å². The number of pyridine rings is 4. The summed E-state index contributed by atoms with van der Waals surface area (Å²) in [6.07, 6.45) is 8.51. The highest BCUT2D eigenvalue weighted by Gasteiger charge is 2.14. The maximum absolute atomic E-state index is 13.0. The number of nitrogens with one attached hydrogen (secondary N) is 1. The van der Waals surface area contributed by atoms with E-state index in [-0.39, 0.29) is 11.5 Å². The summed E-state index contributed by atoms with van der Waals surface area (Å²) in [5.74, 6) is -0.275. The first-order valence-corrected chi connectivity index (χ1v) is 9.18. The molecule has 144 valence electrons. The third-order valence-corrected chi connectivity index (χ3v) is 4.64. The second-order valence-electron chi connectivity index (χ2n) is 6.71. The van der Waals surface area contributed by atoms with Crippen molar-refractivity contribution >= 4 is 16.8 Å². The lowest BCUT2D eigenvalue weighted by atomic mass is 10.1. The fraction of sp³-hybridized carbons (Fsp3) is 0.136. The molecule has 0 saturated heterocycles. The number of aryl methyl sites for hydroxylation is 1. The Morgan fingerprint density at radius 3 is 2.48 bits per heavy atom. The fourth-order valence-corrected chi connectivity index (χ4v) is 3.13. The number of fused-ring (bicyclic) bond motifs is 1. The van der Waals surface area contributed by atoms with Gasteiger partial charge in [-0.05, 0) is 42.3 Å². The van der Waals surface area contributed by atoms with Crippen LogP contribution in [0.5, 0.6) is 0 Å². The Balaban J connectivity index is 1.64. The Morgan fingerprint density at radius 2 is 1.79 bits per heavy atom. The number of rotatable bonds is 5. The zero-order valence-electron chi connectivity index (χ0n) is 15.9. The van der Waals surface area contributed by atoms with Gasteiger partial charge in [0.2, 0.25) is 0 Å². The molecule has 1 N–H and O–H groups in total. The molecule has 0 radical (unpaired) electrons. The van der Waals surface area contributed by atoms with Crippen molar-refractivity contribution in [3.05, 3.63) is 100 Å². The van der Waals surface area contributed by atoms with E-state index in [0.717, 1.165) is 11.1 Å². The molecule has 0 fully saturated rings. The van der Waals surface area contributed by atoms with Crippen molar-refractivity contribution in [3.8, 4) is 0 Å². The quantitative estimate of drug-likeness (QED) is 0.570. The molecule has 29 heavy (non-hydrogen) atoms. The van der Waals surface area contributed by atoms with E-state index in [2.05, 4.69) is 20.3 Å². The first-order chi connectivity index (χ1) is 14.1. The van der Waals surface area contributed by atoms with E-state index in [0.29, 0.717) is 35.2 Å². The molecule has 0 aliphatic heterocycles. The van der Waals surface area contributed by atoms with Crippen LogP contribution in [0.2, 0.25) is 0 Å². The molecule has 4 aromatic heterocycles. The van der Waals surface area contributed by atoms with Gasteiger partial charge in [-0.25, -0.2) is 0 Å². The second kappa shape index (κ2) is 8.02. The highest BCUT2D eigenvalue weighted by atomic mass is 16.1. The van der Waals surface area contributed by atoms with Crippen LogP contribution in [-0.4, -0.2) is 25.4 Å². The Labute approximate surface area is 167 Å². The minimum Gasteiger partial charge on any atom is -0.348 e. The van der Waals surface area contributed by atoms with Gasteiger partial charge in [0.25, 0.3) is 11.5 Å². The summed E-state index contributed by atoms with van der Waals surface area (Å²) in [4.78, 5) is 38.2. The summed E-state index contributed by atoms with van der Waals surface area (Å²) < 4.78 is 1.59. The molecule has 0 spiro atoms. The average Bonchev–Trinajstić information content (AvgIpc) is 2.75. The molecule has 0 atom stereocenters. The molecule has 4 heterocycles. The Hall–Kier alpha value is -3.87. The van der Waals surface area contributed by atoms with Crippen LogP contribution in [0.25, 0.3) is 10.9 Å².